The summed E-state index contributed by atoms with van der Waals surface area (Å²) in [7, 11) is 1.40. The lowest BCUT2D eigenvalue weighted by Gasteiger charge is -2.13. The lowest BCUT2D eigenvalue weighted by molar-refractivity contribution is -0.384. The standard InChI is InChI=1S/C14H16ClNO4S/c1-20-13(17)7-14(4-5-14)9-21-8-10-6-11(16(18)19)2-3-12(10)15/h2-3,6H,4-5,7-9H2,1H3. The second-order valence-corrected chi connectivity index (χ2v) is 6.67. The zero-order valence-electron chi connectivity index (χ0n) is 11.6. The fourth-order valence-electron chi connectivity index (χ4n) is 2.09. The Morgan fingerprint density at radius 1 is 1.52 bits per heavy atom. The number of hydrogen-bond acceptors (Lipinski definition) is 5. The highest BCUT2D eigenvalue weighted by molar-refractivity contribution is 7.98. The Kier molecular flexibility index (Phi) is 5.11. The summed E-state index contributed by atoms with van der Waals surface area (Å²) in [6.45, 7) is 0. The quantitative estimate of drug-likeness (QED) is 0.432. The van der Waals surface area contributed by atoms with Crippen molar-refractivity contribution in [2.45, 2.75) is 25.0 Å². The summed E-state index contributed by atoms with van der Waals surface area (Å²) in [6, 6.07) is 4.46. The van der Waals surface area contributed by atoms with Gasteiger partial charge < -0.3 is 4.74 Å². The van der Waals surface area contributed by atoms with Crippen molar-refractivity contribution < 1.29 is 14.5 Å². The van der Waals surface area contributed by atoms with Gasteiger partial charge in [-0.2, -0.15) is 11.8 Å². The number of esters is 1. The smallest absolute Gasteiger partial charge is 0.306 e. The van der Waals surface area contributed by atoms with Crippen LogP contribution in [0.1, 0.15) is 24.8 Å². The number of nitro groups is 1. The van der Waals surface area contributed by atoms with Crippen LogP contribution in [0.3, 0.4) is 0 Å². The number of non-ortho nitro benzene ring substituents is 1. The zero-order valence-corrected chi connectivity index (χ0v) is 13.2. The monoisotopic (exact) mass is 329 g/mol. The highest BCUT2D eigenvalue weighted by Gasteiger charge is 2.44. The molecular formula is C14H16ClNO4S. The van der Waals surface area contributed by atoms with Crippen LogP contribution in [0.4, 0.5) is 5.69 Å². The predicted octanol–water partition coefficient (Wildman–Crippen LogP) is 3.82. The Morgan fingerprint density at radius 3 is 2.81 bits per heavy atom. The molecule has 1 aliphatic carbocycles. The van der Waals surface area contributed by atoms with Gasteiger partial charge in [-0.1, -0.05) is 11.6 Å². The maximum atomic E-state index is 11.3. The summed E-state index contributed by atoms with van der Waals surface area (Å²) >= 11 is 7.71. The minimum atomic E-state index is -0.426. The number of hydrogen-bond donors (Lipinski definition) is 0. The molecule has 21 heavy (non-hydrogen) atoms. The highest BCUT2D eigenvalue weighted by atomic mass is 35.5. The number of rotatable bonds is 7. The molecule has 5 nitrogen and oxygen atoms in total. The molecule has 0 heterocycles. The van der Waals surface area contributed by atoms with Crippen molar-refractivity contribution in [2.75, 3.05) is 12.9 Å². The van der Waals surface area contributed by atoms with Gasteiger partial charge in [0.15, 0.2) is 0 Å². The van der Waals surface area contributed by atoms with Crippen LogP contribution in [-0.2, 0) is 15.3 Å². The molecular weight excluding hydrogens is 314 g/mol. The molecule has 1 saturated carbocycles. The summed E-state index contributed by atoms with van der Waals surface area (Å²) in [5.74, 6) is 1.26. The van der Waals surface area contributed by atoms with Gasteiger partial charge in [0.05, 0.1) is 18.5 Å². The first kappa shape index (κ1) is 16.1. The number of carbonyl (C=O) groups excluding carboxylic acids is 1. The van der Waals surface area contributed by atoms with E-state index in [1.54, 1.807) is 17.8 Å². The average Bonchev–Trinajstić information content (AvgIpc) is 3.20. The average molecular weight is 330 g/mol. The first-order valence-electron chi connectivity index (χ1n) is 6.53. The van der Waals surface area contributed by atoms with Gasteiger partial charge in [0.2, 0.25) is 0 Å². The van der Waals surface area contributed by atoms with Crippen LogP contribution < -0.4 is 0 Å². The predicted molar refractivity (Wildman–Crippen MR) is 82.6 cm³/mol. The lowest BCUT2D eigenvalue weighted by Crippen LogP contribution is -2.13. The summed E-state index contributed by atoms with van der Waals surface area (Å²) in [5.41, 5.74) is 0.848. The lowest BCUT2D eigenvalue weighted by atomic mass is 10.1. The largest absolute Gasteiger partial charge is 0.469 e. The molecule has 1 aliphatic rings. The summed E-state index contributed by atoms with van der Waals surface area (Å²) < 4.78 is 4.71. The van der Waals surface area contributed by atoms with Gasteiger partial charge in [-0.25, -0.2) is 0 Å². The second-order valence-electron chi connectivity index (χ2n) is 5.28. The van der Waals surface area contributed by atoms with E-state index < -0.39 is 4.92 Å². The first-order valence-corrected chi connectivity index (χ1v) is 8.06. The molecule has 0 aliphatic heterocycles. The minimum absolute atomic E-state index is 0.0466. The number of carbonyl (C=O) groups is 1. The number of benzene rings is 1. The number of thioether (sulfide) groups is 1. The van der Waals surface area contributed by atoms with E-state index in [2.05, 4.69) is 0 Å². The van der Waals surface area contributed by atoms with Crippen molar-refractivity contribution in [3.63, 3.8) is 0 Å². The van der Waals surface area contributed by atoms with Gasteiger partial charge in [0.25, 0.3) is 5.69 Å². The molecule has 0 N–H and O–H groups in total. The Morgan fingerprint density at radius 2 is 2.24 bits per heavy atom. The van der Waals surface area contributed by atoms with Crippen molar-refractivity contribution in [3.05, 3.63) is 38.9 Å². The summed E-state index contributed by atoms with van der Waals surface area (Å²) in [6.07, 6.45) is 2.49. The van der Waals surface area contributed by atoms with Crippen LogP contribution in [0.5, 0.6) is 0 Å². The van der Waals surface area contributed by atoms with Crippen molar-refractivity contribution >= 4 is 35.0 Å². The third-order valence-corrected chi connectivity index (χ3v) is 5.31. The molecule has 0 bridgehead atoms. The number of nitrogens with zero attached hydrogens (tertiary/aromatic N) is 1. The van der Waals surface area contributed by atoms with Crippen molar-refractivity contribution in [3.8, 4) is 0 Å². The molecule has 0 unspecified atom stereocenters. The van der Waals surface area contributed by atoms with Crippen LogP contribution >= 0.6 is 23.4 Å². The molecule has 0 amide bonds. The van der Waals surface area contributed by atoms with Crippen LogP contribution in [-0.4, -0.2) is 23.8 Å². The van der Waals surface area contributed by atoms with Crippen molar-refractivity contribution in [2.24, 2.45) is 5.41 Å². The van der Waals surface area contributed by atoms with Crippen molar-refractivity contribution in [1.29, 1.82) is 0 Å². The molecule has 114 valence electrons. The Labute approximate surface area is 132 Å². The zero-order chi connectivity index (χ0) is 15.5. The molecule has 2 rings (SSSR count). The number of nitro benzene ring substituents is 1. The van der Waals surface area contributed by atoms with E-state index in [1.807, 2.05) is 0 Å². The van der Waals surface area contributed by atoms with Gasteiger partial charge in [0, 0.05) is 22.9 Å². The van der Waals surface area contributed by atoms with Crippen LogP contribution in [0.25, 0.3) is 0 Å². The van der Waals surface area contributed by atoms with Gasteiger partial charge in [-0.05, 0) is 35.6 Å². The van der Waals surface area contributed by atoms with E-state index in [4.69, 9.17) is 16.3 Å². The number of ether oxygens (including phenoxy) is 1. The third-order valence-electron chi connectivity index (χ3n) is 3.61. The number of methoxy groups -OCH3 is 1. The SMILES string of the molecule is COC(=O)CC1(CSCc2cc([N+](=O)[O-])ccc2Cl)CC1. The molecule has 0 radical (unpaired) electrons. The third kappa shape index (κ3) is 4.35. The van der Waals surface area contributed by atoms with Crippen LogP contribution in [0.2, 0.25) is 5.02 Å². The van der Waals surface area contributed by atoms with E-state index >= 15 is 0 Å². The van der Waals surface area contributed by atoms with E-state index in [9.17, 15) is 14.9 Å². The first-order chi connectivity index (χ1) is 9.96. The van der Waals surface area contributed by atoms with E-state index in [-0.39, 0.29) is 17.1 Å². The topological polar surface area (TPSA) is 69.4 Å². The molecule has 0 atom stereocenters. The molecule has 0 aromatic heterocycles. The van der Waals surface area contributed by atoms with Crippen LogP contribution in [0.15, 0.2) is 18.2 Å². The van der Waals surface area contributed by atoms with E-state index in [1.165, 1.54) is 19.2 Å². The van der Waals surface area contributed by atoms with E-state index in [0.29, 0.717) is 17.2 Å². The molecule has 0 spiro atoms. The van der Waals surface area contributed by atoms with E-state index in [0.717, 1.165) is 24.2 Å². The fraction of sp³-hybridized carbons (Fsp3) is 0.500. The van der Waals surface area contributed by atoms with Gasteiger partial charge >= 0.3 is 5.97 Å². The maximum absolute atomic E-state index is 11.3. The van der Waals surface area contributed by atoms with Crippen LogP contribution in [0, 0.1) is 15.5 Å². The van der Waals surface area contributed by atoms with Gasteiger partial charge in [-0.15, -0.1) is 0 Å². The molecule has 1 fully saturated rings. The molecule has 1 aromatic rings. The molecule has 1 aromatic carbocycles. The minimum Gasteiger partial charge on any atom is -0.469 e. The van der Waals surface area contributed by atoms with Gasteiger partial charge in [0.1, 0.15) is 0 Å². The second kappa shape index (κ2) is 6.66. The highest BCUT2D eigenvalue weighted by Crippen LogP contribution is 2.51. The Bertz CT molecular complexity index is 560. The molecule has 7 heteroatoms. The fourth-order valence-corrected chi connectivity index (χ4v) is 3.74. The summed E-state index contributed by atoms with van der Waals surface area (Å²) in [4.78, 5) is 21.7. The number of halogens is 1. The van der Waals surface area contributed by atoms with Gasteiger partial charge in [-0.3, -0.25) is 14.9 Å². The Balaban J connectivity index is 1.90. The summed E-state index contributed by atoms with van der Waals surface area (Å²) in [5, 5.41) is 11.3. The Hall–Kier alpha value is -1.27. The normalized spacial score (nSPS) is 15.5. The molecule has 0 saturated heterocycles. The van der Waals surface area contributed by atoms with Crippen molar-refractivity contribution in [1.82, 2.24) is 0 Å². The maximum Gasteiger partial charge on any atom is 0.306 e.